The summed E-state index contributed by atoms with van der Waals surface area (Å²) < 4.78 is 27.7. The SMILES string of the molecule is CCC1OC(N2CC(O[Si](C)(C)C(C)(C)C)C(=O)NC2=O)CC1OP1OC(C)CCN1C(C)C. The summed E-state index contributed by atoms with van der Waals surface area (Å²) in [6, 6.07) is -0.110. The van der Waals surface area contributed by atoms with Gasteiger partial charge in [0.15, 0.2) is 8.32 Å². The van der Waals surface area contributed by atoms with Crippen LogP contribution >= 0.6 is 8.53 Å². The first-order valence-corrected chi connectivity index (χ1v) is 16.6. The van der Waals surface area contributed by atoms with Crippen LogP contribution in [0.1, 0.15) is 67.7 Å². The van der Waals surface area contributed by atoms with Gasteiger partial charge in [0.25, 0.3) is 14.4 Å². The van der Waals surface area contributed by atoms with Crippen LogP contribution in [0.4, 0.5) is 4.79 Å². The topological polar surface area (TPSA) is 89.6 Å². The largest absolute Gasteiger partial charge is 0.403 e. The van der Waals surface area contributed by atoms with Gasteiger partial charge < -0.3 is 18.2 Å². The van der Waals surface area contributed by atoms with E-state index >= 15 is 0 Å². The van der Waals surface area contributed by atoms with Crippen molar-refractivity contribution in [2.24, 2.45) is 0 Å². The Labute approximate surface area is 207 Å². The highest BCUT2D eigenvalue weighted by Crippen LogP contribution is 2.52. The summed E-state index contributed by atoms with van der Waals surface area (Å²) in [6.07, 6.45) is 0.939. The fourth-order valence-electron chi connectivity index (χ4n) is 4.15. The lowest BCUT2D eigenvalue weighted by Gasteiger charge is -2.42. The molecule has 0 aromatic carbocycles. The second-order valence-electron chi connectivity index (χ2n) is 11.4. The summed E-state index contributed by atoms with van der Waals surface area (Å²) >= 11 is 0. The van der Waals surface area contributed by atoms with E-state index in [1.165, 1.54) is 0 Å². The predicted molar refractivity (Wildman–Crippen MR) is 135 cm³/mol. The lowest BCUT2D eigenvalue weighted by Crippen LogP contribution is -2.63. The van der Waals surface area contributed by atoms with Crippen molar-refractivity contribution in [3.05, 3.63) is 0 Å². The minimum absolute atomic E-state index is 0.0444. The molecule has 3 aliphatic rings. The molecule has 0 radical (unpaired) electrons. The Morgan fingerprint density at radius 2 is 1.94 bits per heavy atom. The normalized spacial score (nSPS) is 34.1. The molecule has 0 saturated carbocycles. The molecule has 34 heavy (non-hydrogen) atoms. The van der Waals surface area contributed by atoms with E-state index in [9.17, 15) is 9.59 Å². The Hall–Kier alpha value is -0.613. The molecular formula is C23H44N3O6PSi. The molecule has 3 amide bonds. The van der Waals surface area contributed by atoms with Crippen molar-refractivity contribution in [1.29, 1.82) is 0 Å². The average molecular weight is 518 g/mol. The Morgan fingerprint density at radius 1 is 1.26 bits per heavy atom. The van der Waals surface area contributed by atoms with Crippen molar-refractivity contribution in [3.8, 4) is 0 Å². The lowest BCUT2D eigenvalue weighted by molar-refractivity contribution is -0.133. The van der Waals surface area contributed by atoms with Crippen LogP contribution in [0, 0.1) is 0 Å². The number of nitrogens with zero attached hydrogens (tertiary/aromatic N) is 2. The van der Waals surface area contributed by atoms with E-state index in [1.54, 1.807) is 4.90 Å². The number of imide groups is 1. The molecule has 3 saturated heterocycles. The molecule has 0 aromatic rings. The van der Waals surface area contributed by atoms with Crippen LogP contribution in [0.2, 0.25) is 18.1 Å². The minimum Gasteiger partial charge on any atom is -0.403 e. The van der Waals surface area contributed by atoms with Crippen LogP contribution in [0.5, 0.6) is 0 Å². The number of carbonyl (C=O) groups excluding carboxylic acids is 2. The molecule has 6 unspecified atom stereocenters. The van der Waals surface area contributed by atoms with E-state index in [-0.39, 0.29) is 35.8 Å². The van der Waals surface area contributed by atoms with Gasteiger partial charge in [0.2, 0.25) is 0 Å². The van der Waals surface area contributed by atoms with Crippen LogP contribution < -0.4 is 5.32 Å². The Kier molecular flexibility index (Phi) is 8.87. The van der Waals surface area contributed by atoms with E-state index in [2.05, 4.69) is 71.5 Å². The van der Waals surface area contributed by atoms with Crippen LogP contribution in [-0.4, -0.2) is 79.6 Å². The molecule has 9 nitrogen and oxygen atoms in total. The molecule has 0 spiro atoms. The van der Waals surface area contributed by atoms with Gasteiger partial charge in [0.1, 0.15) is 12.3 Å². The summed E-state index contributed by atoms with van der Waals surface area (Å²) in [4.78, 5) is 27.0. The zero-order valence-electron chi connectivity index (χ0n) is 22.3. The van der Waals surface area contributed by atoms with E-state index in [1.807, 2.05) is 0 Å². The van der Waals surface area contributed by atoms with Crippen LogP contribution in [0.15, 0.2) is 0 Å². The number of hydrogen-bond acceptors (Lipinski definition) is 7. The Morgan fingerprint density at radius 3 is 2.53 bits per heavy atom. The summed E-state index contributed by atoms with van der Waals surface area (Å²) in [5.41, 5.74) is 0. The lowest BCUT2D eigenvalue weighted by atomic mass is 10.1. The van der Waals surface area contributed by atoms with Crippen molar-refractivity contribution in [2.75, 3.05) is 13.1 Å². The molecule has 3 fully saturated rings. The number of hydrogen-bond donors (Lipinski definition) is 1. The summed E-state index contributed by atoms with van der Waals surface area (Å²) in [5.74, 6) is -0.371. The first-order chi connectivity index (χ1) is 15.7. The van der Waals surface area contributed by atoms with Gasteiger partial charge in [-0.1, -0.05) is 27.7 Å². The number of nitrogens with one attached hydrogen (secondary N) is 1. The highest BCUT2D eigenvalue weighted by atomic mass is 31.2. The molecule has 6 atom stereocenters. The molecule has 0 aromatic heterocycles. The minimum atomic E-state index is -2.20. The van der Waals surface area contributed by atoms with Gasteiger partial charge in [0, 0.05) is 19.0 Å². The second kappa shape index (κ2) is 10.8. The van der Waals surface area contributed by atoms with Crippen molar-refractivity contribution >= 4 is 28.8 Å². The second-order valence-corrected chi connectivity index (χ2v) is 17.6. The van der Waals surface area contributed by atoms with Gasteiger partial charge in [-0.15, -0.1) is 0 Å². The Bertz CT molecular complexity index is 749. The van der Waals surface area contributed by atoms with Crippen molar-refractivity contribution in [1.82, 2.24) is 14.9 Å². The molecule has 0 bridgehead atoms. The fraction of sp³-hybridized carbons (Fsp3) is 0.913. The van der Waals surface area contributed by atoms with Crippen LogP contribution in [0.25, 0.3) is 0 Å². The van der Waals surface area contributed by atoms with Crippen LogP contribution in [0.3, 0.4) is 0 Å². The number of urea groups is 1. The number of rotatable bonds is 7. The highest BCUT2D eigenvalue weighted by Gasteiger charge is 2.48. The third-order valence-corrected chi connectivity index (χ3v) is 13.9. The zero-order valence-corrected chi connectivity index (χ0v) is 24.2. The van der Waals surface area contributed by atoms with Crippen LogP contribution in [-0.2, 0) is 23.0 Å². The zero-order chi connectivity index (χ0) is 25.4. The number of carbonyl (C=O) groups is 2. The fourth-order valence-corrected chi connectivity index (χ4v) is 7.21. The highest BCUT2D eigenvalue weighted by molar-refractivity contribution is 7.44. The van der Waals surface area contributed by atoms with Gasteiger partial charge >= 0.3 is 6.03 Å². The maximum Gasteiger partial charge on any atom is 0.326 e. The molecule has 0 aliphatic carbocycles. The number of ether oxygens (including phenoxy) is 1. The standard InChI is InChI=1S/C23H44N3O6PSi/c1-10-17-18(31-33-26(15(2)3)12-11-16(4)30-33)13-20(29-17)25-14-19(21(27)24-22(25)28)32-34(8,9)23(5,6)7/h15-20H,10-14H2,1-9H3,(H,24,27,28). The Balaban J connectivity index is 1.70. The third-order valence-electron chi connectivity index (χ3n) is 7.39. The molecule has 196 valence electrons. The summed E-state index contributed by atoms with van der Waals surface area (Å²) in [6.45, 7) is 20.2. The van der Waals surface area contributed by atoms with E-state index in [4.69, 9.17) is 18.2 Å². The first kappa shape index (κ1) is 28.0. The van der Waals surface area contributed by atoms with Gasteiger partial charge in [-0.2, -0.15) is 0 Å². The van der Waals surface area contributed by atoms with E-state index in [0.29, 0.717) is 12.5 Å². The molecule has 1 N–H and O–H groups in total. The summed E-state index contributed by atoms with van der Waals surface area (Å²) in [5, 5.41) is 2.44. The van der Waals surface area contributed by atoms with Crippen molar-refractivity contribution in [2.45, 2.75) is 123 Å². The molecule has 3 aliphatic heterocycles. The molecule has 11 heteroatoms. The predicted octanol–water partition coefficient (Wildman–Crippen LogP) is 4.58. The van der Waals surface area contributed by atoms with Gasteiger partial charge in [0.05, 0.1) is 24.9 Å². The van der Waals surface area contributed by atoms with E-state index < -0.39 is 35.2 Å². The maximum absolute atomic E-state index is 12.8. The van der Waals surface area contributed by atoms with Crippen molar-refractivity contribution < 1.29 is 27.8 Å². The monoisotopic (exact) mass is 517 g/mol. The quantitative estimate of drug-likeness (QED) is 0.390. The van der Waals surface area contributed by atoms with E-state index in [0.717, 1.165) is 19.4 Å². The smallest absolute Gasteiger partial charge is 0.326 e. The van der Waals surface area contributed by atoms with Gasteiger partial charge in [-0.05, 0) is 51.7 Å². The third kappa shape index (κ3) is 6.20. The maximum atomic E-state index is 12.8. The average Bonchev–Trinajstić information content (AvgIpc) is 3.11. The molecule has 3 heterocycles. The van der Waals surface area contributed by atoms with Gasteiger partial charge in [-0.3, -0.25) is 15.0 Å². The number of amides is 3. The summed E-state index contributed by atoms with van der Waals surface area (Å²) in [7, 11) is -3.39. The first-order valence-electron chi connectivity index (χ1n) is 12.6. The van der Waals surface area contributed by atoms with Crippen molar-refractivity contribution in [3.63, 3.8) is 0 Å². The molecule has 3 rings (SSSR count). The van der Waals surface area contributed by atoms with Gasteiger partial charge in [-0.25, -0.2) is 9.46 Å². The molecular weight excluding hydrogens is 473 g/mol.